The molecule has 0 radical (unpaired) electrons. The van der Waals surface area contributed by atoms with Crippen LogP contribution in [0.2, 0.25) is 5.02 Å². The first-order valence-electron chi connectivity index (χ1n) is 10.7. The quantitative estimate of drug-likeness (QED) is 0.338. The summed E-state index contributed by atoms with van der Waals surface area (Å²) in [5.74, 6) is 1.96. The number of hydrogen-bond donors (Lipinski definition) is 1. The Hall–Kier alpha value is -3.17. The number of carbonyl (C=O) groups is 1. The highest BCUT2D eigenvalue weighted by atomic mass is 35.5. The van der Waals surface area contributed by atoms with Crippen LogP contribution in [0.1, 0.15) is 31.0 Å². The van der Waals surface area contributed by atoms with E-state index in [2.05, 4.69) is 10.3 Å². The lowest BCUT2D eigenvalue weighted by molar-refractivity contribution is -0.139. The molecule has 3 aromatic rings. The second-order valence-corrected chi connectivity index (χ2v) is 8.86. The summed E-state index contributed by atoms with van der Waals surface area (Å²) in [5.41, 5.74) is 3.02. The van der Waals surface area contributed by atoms with E-state index in [1.54, 1.807) is 31.9 Å². The fourth-order valence-corrected chi connectivity index (χ4v) is 4.64. The maximum absolute atomic E-state index is 13.0. The van der Waals surface area contributed by atoms with E-state index in [-0.39, 0.29) is 6.61 Å². The normalized spacial score (nSPS) is 14.9. The van der Waals surface area contributed by atoms with Crippen molar-refractivity contribution in [2.24, 2.45) is 0 Å². The van der Waals surface area contributed by atoms with Crippen molar-refractivity contribution in [1.29, 1.82) is 0 Å². The van der Waals surface area contributed by atoms with Gasteiger partial charge in [-0.15, -0.1) is 5.10 Å². The second-order valence-electron chi connectivity index (χ2n) is 7.48. The molecule has 2 heterocycles. The van der Waals surface area contributed by atoms with Gasteiger partial charge in [0.15, 0.2) is 11.5 Å². The van der Waals surface area contributed by atoms with Crippen molar-refractivity contribution in [3.05, 3.63) is 69.9 Å². The summed E-state index contributed by atoms with van der Waals surface area (Å²) in [6, 6.07) is 12.6. The number of carbonyl (C=O) groups excluding carboxylic acids is 1. The van der Waals surface area contributed by atoms with Gasteiger partial charge in [0.05, 0.1) is 26.4 Å². The molecule has 0 fully saturated rings. The summed E-state index contributed by atoms with van der Waals surface area (Å²) in [4.78, 5) is 17.6. The third-order valence-corrected chi connectivity index (χ3v) is 6.49. The average molecular weight is 501 g/mol. The van der Waals surface area contributed by atoms with E-state index in [4.69, 9.17) is 30.9 Å². The van der Waals surface area contributed by atoms with Crippen molar-refractivity contribution < 1.29 is 19.0 Å². The molecule has 1 atom stereocenters. The minimum absolute atomic E-state index is 0.265. The number of esters is 1. The molecule has 0 bridgehead atoms. The van der Waals surface area contributed by atoms with Gasteiger partial charge in [-0.05, 0) is 49.2 Å². The molecule has 0 saturated heterocycles. The van der Waals surface area contributed by atoms with E-state index in [1.807, 2.05) is 43.3 Å². The van der Waals surface area contributed by atoms with E-state index in [1.165, 1.54) is 11.8 Å². The lowest BCUT2D eigenvalue weighted by Gasteiger charge is -2.28. The fourth-order valence-electron chi connectivity index (χ4n) is 3.73. The van der Waals surface area contributed by atoms with Gasteiger partial charge in [0.25, 0.3) is 0 Å². The molecule has 2 aromatic carbocycles. The number of nitrogens with zero attached hydrogens (tertiary/aromatic N) is 3. The zero-order chi connectivity index (χ0) is 24.2. The number of aromatic nitrogens is 3. The van der Waals surface area contributed by atoms with Crippen molar-refractivity contribution in [3.63, 3.8) is 0 Å². The molecule has 4 rings (SSSR count). The minimum Gasteiger partial charge on any atom is -0.493 e. The Morgan fingerprint density at radius 2 is 1.88 bits per heavy atom. The summed E-state index contributed by atoms with van der Waals surface area (Å²) >= 11 is 7.48. The number of ether oxygens (including phenoxy) is 3. The van der Waals surface area contributed by atoms with Crippen molar-refractivity contribution in [2.75, 3.05) is 26.1 Å². The maximum atomic E-state index is 13.0. The molecule has 0 saturated carbocycles. The highest BCUT2D eigenvalue weighted by molar-refractivity contribution is 7.98. The molecule has 1 aliphatic heterocycles. The molecule has 34 heavy (non-hydrogen) atoms. The Bertz CT molecular complexity index is 1230. The first-order chi connectivity index (χ1) is 16.4. The van der Waals surface area contributed by atoms with Crippen LogP contribution >= 0.6 is 23.4 Å². The third-order valence-electron chi connectivity index (χ3n) is 5.33. The summed E-state index contributed by atoms with van der Waals surface area (Å²) in [5, 5.41) is 9.22. The summed E-state index contributed by atoms with van der Waals surface area (Å²) in [7, 11) is 3.15. The standard InChI is InChI=1S/C24H25ClN4O4S/c1-5-33-22(30)20-14(2)26-23-27-24(34-13-15-6-9-17(25)10-7-15)28-29(23)21(20)16-8-11-18(31-3)19(12-16)32-4/h6-12,21H,5,13H2,1-4H3,(H,26,27,28)/t21-/m0/s1. The maximum Gasteiger partial charge on any atom is 0.338 e. The van der Waals surface area contributed by atoms with Crippen LogP contribution in [0.25, 0.3) is 0 Å². The molecular weight excluding hydrogens is 476 g/mol. The Labute approximate surface area is 207 Å². The first-order valence-corrected chi connectivity index (χ1v) is 12.0. The van der Waals surface area contributed by atoms with Crippen LogP contribution < -0.4 is 14.8 Å². The zero-order valence-electron chi connectivity index (χ0n) is 19.3. The van der Waals surface area contributed by atoms with Crippen molar-refractivity contribution in [2.45, 2.75) is 30.8 Å². The molecule has 8 nitrogen and oxygen atoms in total. The smallest absolute Gasteiger partial charge is 0.338 e. The van der Waals surface area contributed by atoms with Crippen LogP contribution in [0, 0.1) is 0 Å². The van der Waals surface area contributed by atoms with Crippen LogP contribution in [0.15, 0.2) is 58.9 Å². The largest absolute Gasteiger partial charge is 0.493 e. The summed E-state index contributed by atoms with van der Waals surface area (Å²) in [6.45, 7) is 3.88. The number of anilines is 1. The Kier molecular flexibility index (Phi) is 7.33. The van der Waals surface area contributed by atoms with E-state index in [9.17, 15) is 4.79 Å². The van der Waals surface area contributed by atoms with Crippen LogP contribution in [0.4, 0.5) is 5.95 Å². The highest BCUT2D eigenvalue weighted by Crippen LogP contribution is 2.40. The molecule has 1 aliphatic rings. The van der Waals surface area contributed by atoms with E-state index in [0.29, 0.717) is 44.6 Å². The second kappa shape index (κ2) is 10.4. The number of rotatable bonds is 8. The predicted octanol–water partition coefficient (Wildman–Crippen LogP) is 5.09. The van der Waals surface area contributed by atoms with E-state index < -0.39 is 12.0 Å². The topological polar surface area (TPSA) is 87.5 Å². The number of methoxy groups -OCH3 is 2. The van der Waals surface area contributed by atoms with Crippen LogP contribution in [0.5, 0.6) is 11.5 Å². The molecule has 10 heteroatoms. The van der Waals surface area contributed by atoms with Gasteiger partial charge in [0, 0.05) is 16.5 Å². The molecule has 1 N–H and O–H groups in total. The van der Waals surface area contributed by atoms with Crippen LogP contribution in [-0.4, -0.2) is 41.6 Å². The fraction of sp³-hybridized carbons (Fsp3) is 0.292. The number of allylic oxidation sites excluding steroid dienone is 1. The average Bonchev–Trinajstić information content (AvgIpc) is 3.24. The third kappa shape index (κ3) is 4.85. The molecule has 1 aromatic heterocycles. The van der Waals surface area contributed by atoms with Gasteiger partial charge in [-0.1, -0.05) is 41.6 Å². The summed E-state index contributed by atoms with van der Waals surface area (Å²) in [6.07, 6.45) is 0. The lowest BCUT2D eigenvalue weighted by Crippen LogP contribution is -2.29. The number of fused-ring (bicyclic) bond motifs is 1. The van der Waals surface area contributed by atoms with E-state index >= 15 is 0 Å². The number of hydrogen-bond acceptors (Lipinski definition) is 8. The number of halogens is 1. The van der Waals surface area contributed by atoms with Gasteiger partial charge in [0.1, 0.15) is 6.04 Å². The van der Waals surface area contributed by atoms with Crippen molar-refractivity contribution >= 4 is 35.3 Å². The molecular formula is C24H25ClN4O4S. The monoisotopic (exact) mass is 500 g/mol. The molecule has 0 unspecified atom stereocenters. The molecule has 0 aliphatic carbocycles. The van der Waals surface area contributed by atoms with Crippen molar-refractivity contribution in [3.8, 4) is 11.5 Å². The molecule has 0 spiro atoms. The predicted molar refractivity (Wildman–Crippen MR) is 132 cm³/mol. The summed E-state index contributed by atoms with van der Waals surface area (Å²) < 4.78 is 18.0. The Morgan fingerprint density at radius 3 is 2.56 bits per heavy atom. The first kappa shape index (κ1) is 24.0. The van der Waals surface area contributed by atoms with Crippen LogP contribution in [0.3, 0.4) is 0 Å². The number of nitrogens with one attached hydrogen (secondary N) is 1. The van der Waals surface area contributed by atoms with Gasteiger partial charge in [-0.3, -0.25) is 0 Å². The number of benzene rings is 2. The zero-order valence-corrected chi connectivity index (χ0v) is 20.9. The Morgan fingerprint density at radius 1 is 1.15 bits per heavy atom. The van der Waals surface area contributed by atoms with Gasteiger partial charge in [0.2, 0.25) is 11.1 Å². The SMILES string of the molecule is CCOC(=O)C1=C(C)Nc2nc(SCc3ccc(Cl)cc3)nn2[C@H]1c1ccc(OC)c(OC)c1. The van der Waals surface area contributed by atoms with E-state index in [0.717, 1.165) is 11.1 Å². The van der Waals surface area contributed by atoms with Gasteiger partial charge < -0.3 is 19.5 Å². The number of thioether (sulfide) groups is 1. The lowest BCUT2D eigenvalue weighted by atomic mass is 9.95. The molecule has 178 valence electrons. The highest BCUT2D eigenvalue weighted by Gasteiger charge is 2.35. The van der Waals surface area contributed by atoms with Crippen LogP contribution in [-0.2, 0) is 15.3 Å². The Balaban J connectivity index is 1.72. The van der Waals surface area contributed by atoms with Crippen molar-refractivity contribution in [1.82, 2.24) is 14.8 Å². The van der Waals surface area contributed by atoms with Gasteiger partial charge in [-0.25, -0.2) is 9.48 Å². The molecule has 0 amide bonds. The van der Waals surface area contributed by atoms with Gasteiger partial charge in [-0.2, -0.15) is 4.98 Å². The van der Waals surface area contributed by atoms with Gasteiger partial charge >= 0.3 is 5.97 Å². The minimum atomic E-state index is -0.549.